The number of carbonyl (C=O) groups is 3. The number of carbonyl (C=O) groups excluding carboxylic acids is 3. The van der Waals surface area contributed by atoms with Crippen molar-refractivity contribution in [2.45, 2.75) is 32.1 Å². The van der Waals surface area contributed by atoms with E-state index in [-0.39, 0.29) is 19.6 Å². The molecule has 2 amide bonds. The van der Waals surface area contributed by atoms with Gasteiger partial charge in [-0.2, -0.15) is 0 Å². The number of rotatable bonds is 10. The SMILES string of the molecule is COc1ccc(CC(C)(C=O)N(NC(=O)OCc2ccccc2)C(=O)OCc2ccccc2)cc1OC. The van der Waals surface area contributed by atoms with Gasteiger partial charge in [-0.15, -0.1) is 0 Å². The maximum absolute atomic E-state index is 13.2. The van der Waals surface area contributed by atoms with Crippen LogP contribution in [0.4, 0.5) is 9.59 Å². The summed E-state index contributed by atoms with van der Waals surface area (Å²) in [6, 6.07) is 23.3. The van der Waals surface area contributed by atoms with Gasteiger partial charge in [-0.3, -0.25) is 0 Å². The Morgan fingerprint density at radius 1 is 0.811 bits per heavy atom. The highest BCUT2D eigenvalue weighted by Crippen LogP contribution is 2.30. The van der Waals surface area contributed by atoms with Gasteiger partial charge in [-0.1, -0.05) is 66.7 Å². The molecule has 0 aliphatic carbocycles. The molecule has 0 aliphatic heterocycles. The van der Waals surface area contributed by atoms with Crippen LogP contribution in [0.25, 0.3) is 0 Å². The molecule has 3 rings (SSSR count). The molecule has 0 radical (unpaired) electrons. The number of hydrazine groups is 1. The molecule has 0 aromatic heterocycles. The molecule has 37 heavy (non-hydrogen) atoms. The van der Waals surface area contributed by atoms with Crippen molar-refractivity contribution in [3.8, 4) is 11.5 Å². The predicted molar refractivity (Wildman–Crippen MR) is 136 cm³/mol. The Balaban J connectivity index is 1.82. The Bertz CT molecular complexity index is 1190. The number of amides is 2. The zero-order valence-corrected chi connectivity index (χ0v) is 21.0. The summed E-state index contributed by atoms with van der Waals surface area (Å²) in [5, 5.41) is 0.854. The van der Waals surface area contributed by atoms with Crippen molar-refractivity contribution in [2.75, 3.05) is 14.2 Å². The topological polar surface area (TPSA) is 103 Å². The maximum Gasteiger partial charge on any atom is 0.430 e. The summed E-state index contributed by atoms with van der Waals surface area (Å²) in [5.41, 5.74) is 3.04. The van der Waals surface area contributed by atoms with Crippen LogP contribution in [0.15, 0.2) is 78.9 Å². The molecule has 1 unspecified atom stereocenters. The molecule has 0 bridgehead atoms. The molecule has 0 heterocycles. The van der Waals surface area contributed by atoms with Crippen LogP contribution in [-0.2, 0) is 33.9 Å². The number of nitrogens with zero attached hydrogens (tertiary/aromatic N) is 1. The fourth-order valence-electron chi connectivity index (χ4n) is 3.59. The van der Waals surface area contributed by atoms with Gasteiger partial charge in [0.15, 0.2) is 11.5 Å². The third-order valence-electron chi connectivity index (χ3n) is 5.58. The monoisotopic (exact) mass is 506 g/mol. The Morgan fingerprint density at radius 3 is 1.92 bits per heavy atom. The summed E-state index contributed by atoms with van der Waals surface area (Å²) in [5.74, 6) is 0.975. The third kappa shape index (κ3) is 7.47. The first-order valence-corrected chi connectivity index (χ1v) is 11.5. The molecule has 9 heteroatoms. The minimum Gasteiger partial charge on any atom is -0.493 e. The number of methoxy groups -OCH3 is 2. The summed E-state index contributed by atoms with van der Waals surface area (Å²) in [4.78, 5) is 38.2. The lowest BCUT2D eigenvalue weighted by molar-refractivity contribution is -0.118. The Morgan fingerprint density at radius 2 is 1.38 bits per heavy atom. The van der Waals surface area contributed by atoms with Gasteiger partial charge in [0.2, 0.25) is 0 Å². The molecule has 0 spiro atoms. The summed E-state index contributed by atoms with van der Waals surface area (Å²) >= 11 is 0. The second-order valence-corrected chi connectivity index (χ2v) is 8.39. The summed E-state index contributed by atoms with van der Waals surface area (Å²) in [6.45, 7) is 1.44. The smallest absolute Gasteiger partial charge is 0.430 e. The zero-order valence-electron chi connectivity index (χ0n) is 21.0. The highest BCUT2D eigenvalue weighted by molar-refractivity contribution is 5.80. The van der Waals surface area contributed by atoms with Gasteiger partial charge >= 0.3 is 12.2 Å². The highest BCUT2D eigenvalue weighted by atomic mass is 16.6. The van der Waals surface area contributed by atoms with E-state index in [0.29, 0.717) is 23.3 Å². The van der Waals surface area contributed by atoms with Gasteiger partial charge in [-0.05, 0) is 35.7 Å². The lowest BCUT2D eigenvalue weighted by atomic mass is 9.93. The van der Waals surface area contributed by atoms with Crippen LogP contribution in [0.2, 0.25) is 0 Å². The molecule has 0 fully saturated rings. The molecule has 1 atom stereocenters. The molecule has 0 saturated carbocycles. The number of hydrogen-bond acceptors (Lipinski definition) is 7. The van der Waals surface area contributed by atoms with Crippen molar-refractivity contribution in [3.05, 3.63) is 95.6 Å². The van der Waals surface area contributed by atoms with Crippen LogP contribution in [0.3, 0.4) is 0 Å². The molecule has 9 nitrogen and oxygen atoms in total. The van der Waals surface area contributed by atoms with Gasteiger partial charge in [0.25, 0.3) is 0 Å². The minimum atomic E-state index is -1.53. The normalized spacial score (nSPS) is 12.0. The lowest BCUT2D eigenvalue weighted by Gasteiger charge is -2.35. The van der Waals surface area contributed by atoms with Gasteiger partial charge in [0, 0.05) is 6.42 Å². The second-order valence-electron chi connectivity index (χ2n) is 8.39. The van der Waals surface area contributed by atoms with Crippen LogP contribution in [0, 0.1) is 0 Å². The number of nitrogens with one attached hydrogen (secondary N) is 1. The predicted octanol–water partition coefficient (Wildman–Crippen LogP) is 4.68. The first-order valence-electron chi connectivity index (χ1n) is 11.5. The average molecular weight is 507 g/mol. The van der Waals surface area contributed by atoms with Crippen LogP contribution >= 0.6 is 0 Å². The summed E-state index contributed by atoms with van der Waals surface area (Å²) in [6.07, 6.45) is -1.22. The van der Waals surface area contributed by atoms with E-state index in [9.17, 15) is 14.4 Å². The fourth-order valence-corrected chi connectivity index (χ4v) is 3.59. The van der Waals surface area contributed by atoms with Crippen molar-refractivity contribution in [3.63, 3.8) is 0 Å². The molecule has 194 valence electrons. The van der Waals surface area contributed by atoms with Crippen molar-refractivity contribution < 1.29 is 33.3 Å². The van der Waals surface area contributed by atoms with E-state index in [1.165, 1.54) is 21.1 Å². The third-order valence-corrected chi connectivity index (χ3v) is 5.58. The molecule has 1 N–H and O–H groups in total. The Hall–Kier alpha value is -4.53. The van der Waals surface area contributed by atoms with Crippen LogP contribution in [-0.4, -0.2) is 43.2 Å². The molecular formula is C28H30N2O7. The fraction of sp³-hybridized carbons (Fsp3) is 0.250. The minimum absolute atomic E-state index is 0.0208. The molecule has 0 aliphatic rings. The van der Waals surface area contributed by atoms with Crippen molar-refractivity contribution >= 4 is 18.5 Å². The lowest BCUT2D eigenvalue weighted by Crippen LogP contribution is -2.60. The van der Waals surface area contributed by atoms with E-state index in [1.54, 1.807) is 42.5 Å². The molecule has 0 saturated heterocycles. The summed E-state index contributed by atoms with van der Waals surface area (Å²) in [7, 11) is 3.01. The van der Waals surface area contributed by atoms with E-state index in [0.717, 1.165) is 16.1 Å². The van der Waals surface area contributed by atoms with Crippen LogP contribution in [0.1, 0.15) is 23.6 Å². The maximum atomic E-state index is 13.2. The first-order chi connectivity index (χ1) is 17.9. The van der Waals surface area contributed by atoms with E-state index in [4.69, 9.17) is 18.9 Å². The quantitative estimate of drug-likeness (QED) is 0.314. The van der Waals surface area contributed by atoms with Crippen molar-refractivity contribution in [1.82, 2.24) is 10.4 Å². The second kappa shape index (κ2) is 13.0. The van der Waals surface area contributed by atoms with Crippen LogP contribution in [0.5, 0.6) is 11.5 Å². The highest BCUT2D eigenvalue weighted by Gasteiger charge is 2.39. The number of benzene rings is 3. The van der Waals surface area contributed by atoms with E-state index in [2.05, 4.69) is 5.43 Å². The number of hydrogen-bond donors (Lipinski definition) is 1. The average Bonchev–Trinajstić information content (AvgIpc) is 2.94. The van der Waals surface area contributed by atoms with Gasteiger partial charge in [0.1, 0.15) is 25.0 Å². The van der Waals surface area contributed by atoms with Crippen molar-refractivity contribution in [2.24, 2.45) is 0 Å². The van der Waals surface area contributed by atoms with Gasteiger partial charge in [0.05, 0.1) is 14.2 Å². The zero-order chi connectivity index (χ0) is 26.7. The van der Waals surface area contributed by atoms with Gasteiger partial charge in [-0.25, -0.2) is 20.0 Å². The van der Waals surface area contributed by atoms with Crippen molar-refractivity contribution in [1.29, 1.82) is 0 Å². The molecule has 3 aromatic carbocycles. The summed E-state index contributed by atoms with van der Waals surface area (Å²) < 4.78 is 21.3. The largest absolute Gasteiger partial charge is 0.493 e. The number of ether oxygens (including phenoxy) is 4. The molecular weight excluding hydrogens is 476 g/mol. The van der Waals surface area contributed by atoms with E-state index >= 15 is 0 Å². The van der Waals surface area contributed by atoms with E-state index in [1.807, 2.05) is 36.4 Å². The first kappa shape index (κ1) is 27.1. The van der Waals surface area contributed by atoms with E-state index < -0.39 is 17.7 Å². The Kier molecular flexibility index (Phi) is 9.48. The number of aldehydes is 1. The standard InChI is InChI=1S/C28H30N2O7/c1-28(20-31,17-23-14-15-24(34-2)25(16-23)35-3)30(27(33)37-19-22-12-8-5-9-13-22)29-26(32)36-18-21-10-6-4-7-11-21/h4-16,20H,17-19H2,1-3H3,(H,29,32). The van der Waals surface area contributed by atoms with Crippen LogP contribution < -0.4 is 14.9 Å². The Labute approximate surface area is 215 Å². The van der Waals surface area contributed by atoms with Gasteiger partial charge < -0.3 is 23.7 Å². The molecule has 3 aromatic rings.